The van der Waals surface area contributed by atoms with Gasteiger partial charge in [-0.3, -0.25) is 4.21 Å². The smallest absolute Gasteiger partial charge is 0.148 e. The Morgan fingerprint density at radius 3 is 2.50 bits per heavy atom. The molecule has 6 heteroatoms. The molecule has 0 bridgehead atoms. The van der Waals surface area contributed by atoms with E-state index in [4.69, 9.17) is 5.73 Å². The summed E-state index contributed by atoms with van der Waals surface area (Å²) in [4.78, 5) is 0. The molecule has 0 aliphatic heterocycles. The van der Waals surface area contributed by atoms with Crippen LogP contribution in [0.1, 0.15) is 36.4 Å². The van der Waals surface area contributed by atoms with E-state index in [0.29, 0.717) is 5.92 Å². The molecule has 20 heavy (non-hydrogen) atoms. The summed E-state index contributed by atoms with van der Waals surface area (Å²) in [6.45, 7) is 2.10. The summed E-state index contributed by atoms with van der Waals surface area (Å²) in [6.07, 6.45) is 1.91. The predicted molar refractivity (Wildman–Crippen MR) is 82.9 cm³/mol. The second-order valence-electron chi connectivity index (χ2n) is 5.54. The van der Waals surface area contributed by atoms with Crippen LogP contribution in [-0.2, 0) is 20.6 Å². The van der Waals surface area contributed by atoms with Gasteiger partial charge in [0.05, 0.1) is 11.0 Å². The van der Waals surface area contributed by atoms with Crippen molar-refractivity contribution in [2.75, 3.05) is 17.8 Å². The molecule has 1 aliphatic rings. The Morgan fingerprint density at radius 2 is 1.90 bits per heavy atom. The largest absolute Gasteiger partial charge is 0.323 e. The van der Waals surface area contributed by atoms with Gasteiger partial charge in [-0.2, -0.15) is 0 Å². The molecule has 0 saturated carbocycles. The quantitative estimate of drug-likeness (QED) is 0.910. The molecule has 112 valence electrons. The van der Waals surface area contributed by atoms with Crippen LogP contribution in [0.3, 0.4) is 0 Å². The van der Waals surface area contributed by atoms with E-state index in [2.05, 4.69) is 13.0 Å². The molecule has 1 aliphatic carbocycles. The summed E-state index contributed by atoms with van der Waals surface area (Å²) < 4.78 is 34.8. The molecule has 4 atom stereocenters. The van der Waals surface area contributed by atoms with Gasteiger partial charge in [0.25, 0.3) is 0 Å². The predicted octanol–water partition coefficient (Wildman–Crippen LogP) is 1.36. The Morgan fingerprint density at radius 1 is 1.30 bits per heavy atom. The van der Waals surface area contributed by atoms with E-state index in [1.807, 2.05) is 18.2 Å². The van der Waals surface area contributed by atoms with Crippen molar-refractivity contribution in [2.24, 2.45) is 5.73 Å². The topological polar surface area (TPSA) is 77.2 Å². The number of hydrogen-bond acceptors (Lipinski definition) is 4. The lowest BCUT2D eigenvalue weighted by Gasteiger charge is -2.34. The standard InChI is InChI=1S/C14H21NO3S2/c1-10-9-13(19(16)7-8-20(2,17)18)14(15)12-6-4-3-5-11(10)12/h3-6,10,13-14H,7-9,15H2,1-2H3. The minimum atomic E-state index is -3.08. The van der Waals surface area contributed by atoms with Gasteiger partial charge in [0.2, 0.25) is 0 Å². The van der Waals surface area contributed by atoms with Crippen LogP contribution in [0, 0.1) is 0 Å². The Hall–Kier alpha value is -0.720. The molecule has 0 spiro atoms. The van der Waals surface area contributed by atoms with Gasteiger partial charge >= 0.3 is 0 Å². The molecule has 0 fully saturated rings. The fourth-order valence-electron chi connectivity index (χ4n) is 2.74. The molecule has 1 aromatic carbocycles. The SMILES string of the molecule is CC1CC(S(=O)CCS(C)(=O)=O)C(N)c2ccccc21. The van der Waals surface area contributed by atoms with Crippen LogP contribution in [0.25, 0.3) is 0 Å². The van der Waals surface area contributed by atoms with E-state index in [1.54, 1.807) is 0 Å². The molecule has 0 heterocycles. The third-order valence-corrected chi connectivity index (χ3v) is 6.84. The average molecular weight is 315 g/mol. The normalized spacial score (nSPS) is 27.9. The minimum Gasteiger partial charge on any atom is -0.323 e. The third-order valence-electron chi connectivity index (χ3n) is 3.87. The van der Waals surface area contributed by atoms with Gasteiger partial charge in [0.1, 0.15) is 9.84 Å². The summed E-state index contributed by atoms with van der Waals surface area (Å²) in [5.41, 5.74) is 8.51. The van der Waals surface area contributed by atoms with Crippen molar-refractivity contribution in [3.8, 4) is 0 Å². The minimum absolute atomic E-state index is 0.0428. The fraction of sp³-hybridized carbons (Fsp3) is 0.571. The summed E-state index contributed by atoms with van der Waals surface area (Å²) in [6, 6.07) is 7.70. The van der Waals surface area contributed by atoms with Gasteiger partial charge in [-0.1, -0.05) is 31.2 Å². The Labute approximate surface area is 123 Å². The van der Waals surface area contributed by atoms with Crippen LogP contribution in [0.4, 0.5) is 0 Å². The average Bonchev–Trinajstić information content (AvgIpc) is 2.39. The van der Waals surface area contributed by atoms with Crippen molar-refractivity contribution in [3.05, 3.63) is 35.4 Å². The summed E-state index contributed by atoms with van der Waals surface area (Å²) in [5, 5.41) is -0.165. The number of benzene rings is 1. The van der Waals surface area contributed by atoms with Crippen LogP contribution < -0.4 is 5.73 Å². The van der Waals surface area contributed by atoms with Crippen LogP contribution in [-0.4, -0.2) is 35.6 Å². The Balaban J connectivity index is 2.17. The monoisotopic (exact) mass is 315 g/mol. The highest BCUT2D eigenvalue weighted by atomic mass is 32.2. The lowest BCUT2D eigenvalue weighted by atomic mass is 9.81. The van der Waals surface area contributed by atoms with Crippen LogP contribution in [0.2, 0.25) is 0 Å². The summed E-state index contributed by atoms with van der Waals surface area (Å²) in [5.74, 6) is 0.434. The number of rotatable bonds is 4. The van der Waals surface area contributed by atoms with E-state index < -0.39 is 20.6 Å². The molecule has 1 aromatic rings. The summed E-state index contributed by atoms with van der Waals surface area (Å²) >= 11 is 0. The number of sulfone groups is 1. The van der Waals surface area contributed by atoms with Gasteiger partial charge in [-0.05, 0) is 23.5 Å². The van der Waals surface area contributed by atoms with Crippen molar-refractivity contribution >= 4 is 20.6 Å². The molecular weight excluding hydrogens is 294 g/mol. The molecule has 0 saturated heterocycles. The maximum absolute atomic E-state index is 12.4. The first kappa shape index (κ1) is 15.7. The Kier molecular flexibility index (Phi) is 4.66. The first-order valence-electron chi connectivity index (χ1n) is 6.69. The summed E-state index contributed by atoms with van der Waals surface area (Å²) in [7, 11) is -4.30. The van der Waals surface area contributed by atoms with Crippen molar-refractivity contribution in [1.29, 1.82) is 0 Å². The molecule has 4 unspecified atom stereocenters. The molecular formula is C14H21NO3S2. The fourth-order valence-corrected chi connectivity index (χ4v) is 5.89. The van der Waals surface area contributed by atoms with Gasteiger partial charge in [-0.25, -0.2) is 8.42 Å². The van der Waals surface area contributed by atoms with Crippen LogP contribution in [0.5, 0.6) is 0 Å². The third kappa shape index (κ3) is 3.48. The van der Waals surface area contributed by atoms with Gasteiger partial charge in [0.15, 0.2) is 0 Å². The first-order chi connectivity index (χ1) is 9.29. The zero-order valence-corrected chi connectivity index (χ0v) is 13.4. The van der Waals surface area contributed by atoms with Gasteiger partial charge < -0.3 is 5.73 Å². The number of hydrogen-bond donors (Lipinski definition) is 1. The lowest BCUT2D eigenvalue weighted by Crippen LogP contribution is -2.37. The van der Waals surface area contributed by atoms with E-state index in [1.165, 1.54) is 11.8 Å². The highest BCUT2D eigenvalue weighted by Gasteiger charge is 2.34. The van der Waals surface area contributed by atoms with E-state index >= 15 is 0 Å². The highest BCUT2D eigenvalue weighted by Crippen LogP contribution is 2.38. The number of nitrogens with two attached hydrogens (primary N) is 1. The van der Waals surface area contributed by atoms with Crippen molar-refractivity contribution in [1.82, 2.24) is 0 Å². The molecule has 0 radical (unpaired) electrons. The lowest BCUT2D eigenvalue weighted by molar-refractivity contribution is 0.513. The molecule has 0 aromatic heterocycles. The first-order valence-corrected chi connectivity index (χ1v) is 10.1. The number of fused-ring (bicyclic) bond motifs is 1. The molecule has 0 amide bonds. The zero-order chi connectivity index (χ0) is 14.9. The second kappa shape index (κ2) is 5.95. The zero-order valence-electron chi connectivity index (χ0n) is 11.8. The van der Waals surface area contributed by atoms with E-state index in [0.717, 1.165) is 12.0 Å². The second-order valence-corrected chi connectivity index (χ2v) is 9.58. The van der Waals surface area contributed by atoms with Crippen LogP contribution in [0.15, 0.2) is 24.3 Å². The highest BCUT2D eigenvalue weighted by molar-refractivity contribution is 7.92. The van der Waals surface area contributed by atoms with E-state index in [9.17, 15) is 12.6 Å². The molecule has 2 N–H and O–H groups in total. The maximum Gasteiger partial charge on any atom is 0.148 e. The van der Waals surface area contributed by atoms with Gasteiger partial charge in [-0.15, -0.1) is 0 Å². The Bertz CT molecular complexity index is 613. The van der Waals surface area contributed by atoms with Crippen molar-refractivity contribution in [2.45, 2.75) is 30.6 Å². The molecule has 2 rings (SSSR count). The van der Waals surface area contributed by atoms with Crippen molar-refractivity contribution in [3.63, 3.8) is 0 Å². The molecule has 4 nitrogen and oxygen atoms in total. The van der Waals surface area contributed by atoms with Gasteiger partial charge in [0, 0.05) is 28.9 Å². The van der Waals surface area contributed by atoms with Crippen molar-refractivity contribution < 1.29 is 12.6 Å². The van der Waals surface area contributed by atoms with E-state index in [-0.39, 0.29) is 22.8 Å². The maximum atomic E-state index is 12.4. The van der Waals surface area contributed by atoms with Crippen LogP contribution >= 0.6 is 0 Å².